The Labute approximate surface area is 127 Å². The minimum atomic E-state index is -1.71. The molecule has 7 heteroatoms. The van der Waals surface area contributed by atoms with Crippen LogP contribution in [0.4, 0.5) is 5.69 Å². The molecular formula is C14H27N3O3Si. The van der Waals surface area contributed by atoms with Crippen molar-refractivity contribution in [2.45, 2.75) is 51.6 Å². The van der Waals surface area contributed by atoms with E-state index in [1.165, 1.54) is 0 Å². The second-order valence-electron chi connectivity index (χ2n) is 7.04. The molecule has 1 aromatic heterocycles. The normalized spacial score (nSPS) is 16.8. The maximum atomic E-state index is 6.14. The largest absolute Gasteiger partial charge is 0.467 e. The molecule has 2 heterocycles. The minimum Gasteiger partial charge on any atom is -0.467 e. The molecule has 1 aromatic rings. The smallest absolute Gasteiger partial charge is 0.256 e. The summed E-state index contributed by atoms with van der Waals surface area (Å²) in [7, 11) is -1.71. The molecule has 0 radical (unpaired) electrons. The van der Waals surface area contributed by atoms with Gasteiger partial charge in [0.05, 0.1) is 32.6 Å². The van der Waals surface area contributed by atoms with Crippen molar-refractivity contribution in [3.8, 4) is 5.88 Å². The molecule has 0 aromatic carbocycles. The highest BCUT2D eigenvalue weighted by molar-refractivity contribution is 6.74. The molecule has 1 aliphatic rings. The van der Waals surface area contributed by atoms with E-state index >= 15 is 0 Å². The first-order valence-corrected chi connectivity index (χ1v) is 10.3. The van der Waals surface area contributed by atoms with Gasteiger partial charge in [0.2, 0.25) is 0 Å². The Morgan fingerprint density at radius 1 is 1.43 bits per heavy atom. The highest BCUT2D eigenvalue weighted by Gasteiger charge is 2.36. The van der Waals surface area contributed by atoms with Gasteiger partial charge in [-0.05, 0) is 18.1 Å². The summed E-state index contributed by atoms with van der Waals surface area (Å²) in [6.07, 6.45) is 1.88. The number of nitrogen functional groups attached to an aromatic ring is 1. The van der Waals surface area contributed by atoms with Gasteiger partial charge in [-0.2, -0.15) is 0 Å². The highest BCUT2D eigenvalue weighted by Crippen LogP contribution is 2.36. The van der Waals surface area contributed by atoms with Crippen molar-refractivity contribution < 1.29 is 13.9 Å². The van der Waals surface area contributed by atoms with E-state index in [4.69, 9.17) is 19.6 Å². The molecule has 6 nitrogen and oxygen atoms in total. The fraction of sp³-hybridized carbons (Fsp3) is 0.786. The minimum absolute atomic E-state index is 0.0825. The van der Waals surface area contributed by atoms with Crippen LogP contribution in [-0.4, -0.2) is 44.0 Å². The number of hydrogen-bond acceptors (Lipinski definition) is 5. The number of nitrogens with two attached hydrogens (primary N) is 1. The van der Waals surface area contributed by atoms with Gasteiger partial charge in [0.1, 0.15) is 11.8 Å². The van der Waals surface area contributed by atoms with E-state index in [1.807, 2.05) is 0 Å². The molecule has 1 saturated heterocycles. The summed E-state index contributed by atoms with van der Waals surface area (Å²) in [5, 5.41) is 4.58. The zero-order valence-electron chi connectivity index (χ0n) is 13.7. The molecule has 21 heavy (non-hydrogen) atoms. The average Bonchev–Trinajstić information content (AvgIpc) is 2.63. The molecule has 1 fully saturated rings. The van der Waals surface area contributed by atoms with Crippen molar-refractivity contribution in [1.82, 2.24) is 9.78 Å². The van der Waals surface area contributed by atoms with Gasteiger partial charge in [0.15, 0.2) is 8.32 Å². The van der Waals surface area contributed by atoms with Crippen molar-refractivity contribution in [2.24, 2.45) is 0 Å². The van der Waals surface area contributed by atoms with E-state index in [0.29, 0.717) is 37.9 Å². The third kappa shape index (κ3) is 3.99. The number of hydrogen-bond donors (Lipinski definition) is 1. The lowest BCUT2D eigenvalue weighted by Crippen LogP contribution is -2.41. The van der Waals surface area contributed by atoms with E-state index < -0.39 is 8.32 Å². The lowest BCUT2D eigenvalue weighted by molar-refractivity contribution is -0.0812. The van der Waals surface area contributed by atoms with Gasteiger partial charge >= 0.3 is 0 Å². The number of ether oxygens (including phenoxy) is 2. The summed E-state index contributed by atoms with van der Waals surface area (Å²) in [5.74, 6) is 0.496. The first kappa shape index (κ1) is 16.3. The van der Waals surface area contributed by atoms with E-state index in [9.17, 15) is 0 Å². The summed E-state index contributed by atoms with van der Waals surface area (Å²) in [4.78, 5) is 0. The van der Waals surface area contributed by atoms with Gasteiger partial charge in [-0.15, -0.1) is 5.10 Å². The Kier molecular flexibility index (Phi) is 4.65. The second-order valence-corrected chi connectivity index (χ2v) is 11.8. The number of aromatic nitrogens is 2. The summed E-state index contributed by atoms with van der Waals surface area (Å²) < 4.78 is 18.6. The topological polar surface area (TPSA) is 71.5 Å². The molecule has 0 spiro atoms. The molecular weight excluding hydrogens is 286 g/mol. The van der Waals surface area contributed by atoms with Crippen molar-refractivity contribution in [2.75, 3.05) is 25.6 Å². The lowest BCUT2D eigenvalue weighted by atomic mass is 10.2. The van der Waals surface area contributed by atoms with Crippen LogP contribution in [0.2, 0.25) is 18.1 Å². The maximum absolute atomic E-state index is 6.14. The van der Waals surface area contributed by atoms with Gasteiger partial charge in [0, 0.05) is 0 Å². The Balaban J connectivity index is 1.84. The Hall–Kier alpha value is -1.05. The summed E-state index contributed by atoms with van der Waals surface area (Å²) >= 11 is 0. The highest BCUT2D eigenvalue weighted by atomic mass is 28.4. The van der Waals surface area contributed by atoms with E-state index in [0.717, 1.165) is 0 Å². The summed E-state index contributed by atoms with van der Waals surface area (Å²) in [6.45, 7) is 13.7. The molecule has 0 bridgehead atoms. The molecule has 2 N–H and O–H groups in total. The number of anilines is 1. The van der Waals surface area contributed by atoms with Gasteiger partial charge in [-0.3, -0.25) is 4.68 Å². The monoisotopic (exact) mass is 313 g/mol. The third-order valence-electron chi connectivity index (χ3n) is 4.23. The molecule has 120 valence electrons. The van der Waals surface area contributed by atoms with Crippen LogP contribution >= 0.6 is 0 Å². The third-order valence-corrected chi connectivity index (χ3v) is 8.77. The van der Waals surface area contributed by atoms with Crippen LogP contribution in [0.1, 0.15) is 20.8 Å². The van der Waals surface area contributed by atoms with Crippen LogP contribution in [0.15, 0.2) is 6.20 Å². The maximum Gasteiger partial charge on any atom is 0.256 e. The fourth-order valence-electron chi connectivity index (χ4n) is 1.68. The zero-order valence-corrected chi connectivity index (χ0v) is 14.7. The molecule has 0 unspecified atom stereocenters. The Bertz CT molecular complexity index is 478. The average molecular weight is 313 g/mol. The quantitative estimate of drug-likeness (QED) is 0.816. The van der Waals surface area contributed by atoms with Crippen LogP contribution in [0.3, 0.4) is 0 Å². The second kappa shape index (κ2) is 5.98. The fourth-order valence-corrected chi connectivity index (χ4v) is 2.71. The van der Waals surface area contributed by atoms with Gasteiger partial charge in [0.25, 0.3) is 5.88 Å². The first-order valence-electron chi connectivity index (χ1n) is 7.40. The molecule has 0 amide bonds. The molecule has 0 atom stereocenters. The van der Waals surface area contributed by atoms with Crippen molar-refractivity contribution in [3.63, 3.8) is 0 Å². The van der Waals surface area contributed by atoms with Gasteiger partial charge in [-0.1, -0.05) is 20.8 Å². The van der Waals surface area contributed by atoms with Crippen LogP contribution in [0.25, 0.3) is 0 Å². The van der Waals surface area contributed by atoms with Crippen molar-refractivity contribution in [3.05, 3.63) is 6.20 Å². The predicted octanol–water partition coefficient (Wildman–Crippen LogP) is 2.26. The van der Waals surface area contributed by atoms with Crippen molar-refractivity contribution >= 4 is 14.0 Å². The molecule has 1 aliphatic heterocycles. The molecule has 0 saturated carbocycles. The lowest BCUT2D eigenvalue weighted by Gasteiger charge is -2.36. The number of rotatable bonds is 6. The predicted molar refractivity (Wildman–Crippen MR) is 85.0 cm³/mol. The molecule has 0 aliphatic carbocycles. The van der Waals surface area contributed by atoms with Crippen LogP contribution in [0.5, 0.6) is 5.88 Å². The molecule has 2 rings (SSSR count). The van der Waals surface area contributed by atoms with Crippen LogP contribution < -0.4 is 10.5 Å². The van der Waals surface area contributed by atoms with Crippen LogP contribution in [0, 0.1) is 0 Å². The number of nitrogens with zero attached hydrogens (tertiary/aromatic N) is 2. The SMILES string of the molecule is CC(C)(C)[Si](C)(C)OCCn1cc(N)c(OC2COC2)n1. The Morgan fingerprint density at radius 2 is 2.10 bits per heavy atom. The summed E-state index contributed by atoms with van der Waals surface area (Å²) in [6, 6.07) is 0. The first-order chi connectivity index (χ1) is 9.69. The van der Waals surface area contributed by atoms with E-state index in [1.54, 1.807) is 10.9 Å². The van der Waals surface area contributed by atoms with Crippen molar-refractivity contribution in [1.29, 1.82) is 0 Å². The van der Waals surface area contributed by atoms with E-state index in [-0.39, 0.29) is 11.1 Å². The van der Waals surface area contributed by atoms with E-state index in [2.05, 4.69) is 39.0 Å². The van der Waals surface area contributed by atoms with Gasteiger partial charge in [-0.25, -0.2) is 0 Å². The standard InChI is InChI=1S/C14H27N3O3Si/c1-14(2,3)21(4,5)19-7-6-17-8-12(15)13(16-17)20-11-9-18-10-11/h8,11H,6-7,9-10,15H2,1-5H3. The summed E-state index contributed by atoms with van der Waals surface area (Å²) in [5.41, 5.74) is 6.48. The Morgan fingerprint density at radius 3 is 2.62 bits per heavy atom. The van der Waals surface area contributed by atoms with Gasteiger partial charge < -0.3 is 19.6 Å². The zero-order chi connectivity index (χ0) is 15.7. The van der Waals surface area contributed by atoms with Crippen LogP contribution in [-0.2, 0) is 15.7 Å².